The molecule has 0 spiro atoms. The second-order valence-electron chi connectivity index (χ2n) is 3.30. The summed E-state index contributed by atoms with van der Waals surface area (Å²) in [5.41, 5.74) is 0.967. The summed E-state index contributed by atoms with van der Waals surface area (Å²) in [6.07, 6.45) is 3.00. The molecule has 0 aliphatic heterocycles. The second kappa shape index (κ2) is 4.14. The van der Waals surface area contributed by atoms with Crippen LogP contribution in [0.15, 0.2) is 24.5 Å². The normalized spacial score (nSPS) is 10.1. The summed E-state index contributed by atoms with van der Waals surface area (Å²) in [7, 11) is 1.53. The van der Waals surface area contributed by atoms with E-state index in [1.807, 2.05) is 0 Å². The lowest BCUT2D eigenvalue weighted by molar-refractivity contribution is 0.103. The lowest BCUT2D eigenvalue weighted by Crippen LogP contribution is -2.02. The zero-order valence-corrected chi connectivity index (χ0v) is 9.02. The van der Waals surface area contributed by atoms with Gasteiger partial charge in [0.1, 0.15) is 11.5 Å². The Kier molecular flexibility index (Phi) is 2.68. The number of methoxy groups -OCH3 is 1. The Morgan fingerprint density at radius 2 is 2.12 bits per heavy atom. The molecular formula is C11H11N3O2. The van der Waals surface area contributed by atoms with E-state index in [0.29, 0.717) is 23.0 Å². The maximum absolute atomic E-state index is 11.9. The molecule has 0 bridgehead atoms. The first-order chi connectivity index (χ1) is 7.70. The predicted octanol–water partition coefficient (Wildman–Crippen LogP) is 1.35. The molecule has 0 unspecified atom stereocenters. The molecule has 2 heterocycles. The highest BCUT2D eigenvalue weighted by atomic mass is 16.5. The van der Waals surface area contributed by atoms with Gasteiger partial charge < -0.3 is 9.72 Å². The Bertz CT molecular complexity index is 502. The fourth-order valence-corrected chi connectivity index (χ4v) is 1.33. The summed E-state index contributed by atoms with van der Waals surface area (Å²) in [4.78, 5) is 22.7. The van der Waals surface area contributed by atoms with Crippen LogP contribution in [0.3, 0.4) is 0 Å². The van der Waals surface area contributed by atoms with Gasteiger partial charge in [-0.2, -0.15) is 0 Å². The summed E-state index contributed by atoms with van der Waals surface area (Å²) >= 11 is 0. The first-order valence-electron chi connectivity index (χ1n) is 4.77. The Morgan fingerprint density at radius 3 is 2.62 bits per heavy atom. The quantitative estimate of drug-likeness (QED) is 0.788. The smallest absolute Gasteiger partial charge is 0.212 e. The van der Waals surface area contributed by atoms with E-state index >= 15 is 0 Å². The Morgan fingerprint density at radius 1 is 1.31 bits per heavy atom. The molecule has 0 aliphatic rings. The monoisotopic (exact) mass is 217 g/mol. The van der Waals surface area contributed by atoms with Crippen molar-refractivity contribution in [1.82, 2.24) is 15.0 Å². The number of aromatic amines is 1. The molecular weight excluding hydrogens is 206 g/mol. The van der Waals surface area contributed by atoms with Crippen LogP contribution in [0.2, 0.25) is 0 Å². The Balaban J connectivity index is 2.27. The van der Waals surface area contributed by atoms with E-state index in [2.05, 4.69) is 15.0 Å². The molecule has 0 radical (unpaired) electrons. The largest absolute Gasteiger partial charge is 0.481 e. The van der Waals surface area contributed by atoms with Crippen molar-refractivity contribution >= 4 is 5.78 Å². The van der Waals surface area contributed by atoms with E-state index in [9.17, 15) is 4.79 Å². The van der Waals surface area contributed by atoms with Crippen molar-refractivity contribution in [3.63, 3.8) is 0 Å². The number of carbonyl (C=O) groups is 1. The zero-order chi connectivity index (χ0) is 11.5. The highest BCUT2D eigenvalue weighted by Gasteiger charge is 2.11. The minimum atomic E-state index is -0.129. The van der Waals surface area contributed by atoms with Gasteiger partial charge in [-0.25, -0.2) is 9.97 Å². The summed E-state index contributed by atoms with van der Waals surface area (Å²) in [6, 6.07) is 3.32. The third-order valence-corrected chi connectivity index (χ3v) is 2.16. The fraction of sp³-hybridized carbons (Fsp3) is 0.182. The van der Waals surface area contributed by atoms with E-state index in [4.69, 9.17) is 4.74 Å². The van der Waals surface area contributed by atoms with Crippen molar-refractivity contribution < 1.29 is 9.53 Å². The summed E-state index contributed by atoms with van der Waals surface area (Å²) in [5, 5.41) is 0. The second-order valence-corrected chi connectivity index (χ2v) is 3.30. The molecule has 0 fully saturated rings. The van der Waals surface area contributed by atoms with E-state index in [1.165, 1.54) is 19.5 Å². The molecule has 2 aromatic rings. The minimum absolute atomic E-state index is 0.129. The standard InChI is InChI=1S/C11H11N3O2/c1-7-12-6-9(14-7)11(15)8-3-4-10(16-2)13-5-8/h3-6H,1-2H3,(H,12,14). The lowest BCUT2D eigenvalue weighted by Gasteiger charge is -2.00. The van der Waals surface area contributed by atoms with Crippen molar-refractivity contribution in [2.75, 3.05) is 7.11 Å². The highest BCUT2D eigenvalue weighted by Crippen LogP contribution is 2.10. The number of aromatic nitrogens is 3. The van der Waals surface area contributed by atoms with Crippen LogP contribution in [0.25, 0.3) is 0 Å². The average molecular weight is 217 g/mol. The van der Waals surface area contributed by atoms with Gasteiger partial charge in [-0.3, -0.25) is 4.79 Å². The van der Waals surface area contributed by atoms with Crippen LogP contribution >= 0.6 is 0 Å². The van der Waals surface area contributed by atoms with E-state index < -0.39 is 0 Å². The summed E-state index contributed by atoms with van der Waals surface area (Å²) in [6.45, 7) is 1.79. The Hall–Kier alpha value is -2.17. The van der Waals surface area contributed by atoms with Crippen molar-refractivity contribution in [3.8, 4) is 5.88 Å². The first-order valence-corrected chi connectivity index (χ1v) is 4.77. The van der Waals surface area contributed by atoms with Crippen LogP contribution in [-0.4, -0.2) is 27.8 Å². The van der Waals surface area contributed by atoms with Crippen molar-refractivity contribution in [2.45, 2.75) is 6.92 Å². The fourth-order valence-electron chi connectivity index (χ4n) is 1.33. The molecule has 0 amide bonds. The maximum Gasteiger partial charge on any atom is 0.212 e. The molecule has 5 nitrogen and oxygen atoms in total. The summed E-state index contributed by atoms with van der Waals surface area (Å²) < 4.78 is 4.92. The first kappa shape index (κ1) is 10.4. The zero-order valence-electron chi connectivity index (χ0n) is 9.02. The van der Waals surface area contributed by atoms with E-state index in [1.54, 1.807) is 19.1 Å². The summed E-state index contributed by atoms with van der Waals surface area (Å²) in [5.74, 6) is 1.07. The number of ketones is 1. The van der Waals surface area contributed by atoms with Crippen LogP contribution in [0.5, 0.6) is 5.88 Å². The number of carbonyl (C=O) groups excluding carboxylic acids is 1. The van der Waals surface area contributed by atoms with Crippen LogP contribution in [0.4, 0.5) is 0 Å². The molecule has 0 aromatic carbocycles. The lowest BCUT2D eigenvalue weighted by atomic mass is 10.1. The average Bonchev–Trinajstić information content (AvgIpc) is 2.75. The van der Waals surface area contributed by atoms with Gasteiger partial charge in [0.2, 0.25) is 11.7 Å². The van der Waals surface area contributed by atoms with Crippen molar-refractivity contribution in [1.29, 1.82) is 0 Å². The molecule has 2 rings (SSSR count). The van der Waals surface area contributed by atoms with Gasteiger partial charge >= 0.3 is 0 Å². The number of hydrogen-bond acceptors (Lipinski definition) is 4. The van der Waals surface area contributed by atoms with Gasteiger partial charge in [0.05, 0.1) is 13.3 Å². The van der Waals surface area contributed by atoms with Gasteiger partial charge in [-0.15, -0.1) is 0 Å². The van der Waals surface area contributed by atoms with E-state index in [-0.39, 0.29) is 5.78 Å². The molecule has 1 N–H and O–H groups in total. The van der Waals surface area contributed by atoms with Crippen molar-refractivity contribution in [3.05, 3.63) is 41.6 Å². The van der Waals surface area contributed by atoms with Crippen LogP contribution in [-0.2, 0) is 0 Å². The van der Waals surface area contributed by atoms with Gasteiger partial charge in [0.15, 0.2) is 0 Å². The molecule has 0 saturated carbocycles. The van der Waals surface area contributed by atoms with Crippen molar-refractivity contribution in [2.24, 2.45) is 0 Å². The molecule has 82 valence electrons. The Labute approximate surface area is 92.5 Å². The molecule has 5 heteroatoms. The molecule has 0 aliphatic carbocycles. The number of ether oxygens (including phenoxy) is 1. The van der Waals surface area contributed by atoms with Gasteiger partial charge in [0, 0.05) is 17.8 Å². The number of pyridine rings is 1. The van der Waals surface area contributed by atoms with Crippen LogP contribution < -0.4 is 4.74 Å². The van der Waals surface area contributed by atoms with Crippen LogP contribution in [0.1, 0.15) is 21.9 Å². The third-order valence-electron chi connectivity index (χ3n) is 2.16. The molecule has 2 aromatic heterocycles. The number of imidazole rings is 1. The van der Waals surface area contributed by atoms with Gasteiger partial charge in [0.25, 0.3) is 0 Å². The number of rotatable bonds is 3. The molecule has 0 atom stereocenters. The molecule has 0 saturated heterocycles. The topological polar surface area (TPSA) is 67.9 Å². The predicted molar refractivity (Wildman–Crippen MR) is 57.5 cm³/mol. The number of H-pyrrole nitrogens is 1. The van der Waals surface area contributed by atoms with Gasteiger partial charge in [-0.05, 0) is 13.0 Å². The maximum atomic E-state index is 11.9. The third kappa shape index (κ3) is 1.93. The number of aryl methyl sites for hydroxylation is 1. The number of hydrogen-bond donors (Lipinski definition) is 1. The van der Waals surface area contributed by atoms with Crippen LogP contribution in [0, 0.1) is 6.92 Å². The SMILES string of the molecule is COc1ccc(C(=O)c2cnc(C)[nH]2)cn1. The van der Waals surface area contributed by atoms with Gasteiger partial charge in [-0.1, -0.05) is 0 Å². The highest BCUT2D eigenvalue weighted by molar-refractivity contribution is 6.07. The molecule has 16 heavy (non-hydrogen) atoms. The minimum Gasteiger partial charge on any atom is -0.481 e. The number of nitrogens with one attached hydrogen (secondary N) is 1. The number of nitrogens with zero attached hydrogens (tertiary/aromatic N) is 2. The van der Waals surface area contributed by atoms with E-state index in [0.717, 1.165) is 0 Å².